The average Bonchev–Trinajstić information content (AvgIpc) is 1.69. The van der Waals surface area contributed by atoms with E-state index in [9.17, 15) is 81.5 Å². The number of benzene rings is 3. The zero-order valence-corrected chi connectivity index (χ0v) is 81.4. The number of imidazole rings is 1. The van der Waals surface area contributed by atoms with Crippen molar-refractivity contribution >= 4 is 130 Å². The minimum Gasteiger partial charge on any atom is -0.508 e. The number of guanidine groups is 1. The topological polar surface area (TPSA) is 1220 Å². The third-order valence-corrected chi connectivity index (χ3v) is 17.4. The minimum atomic E-state index is -1.29. The van der Waals surface area contributed by atoms with Crippen molar-refractivity contribution < 1.29 is 184 Å². The fourth-order valence-electron chi connectivity index (χ4n) is 7.68. The monoisotopic (exact) mass is 2090 g/mol. The van der Waals surface area contributed by atoms with E-state index in [1.165, 1.54) is 32.3 Å². The molecule has 58 N–H and O–H groups in total. The molecule has 59 nitrogen and oxygen atoms in total. The number of nitrogens with one attached hydrogen (secondary N) is 4. The second-order valence-corrected chi connectivity index (χ2v) is 30.8. The van der Waals surface area contributed by atoms with Crippen LogP contribution in [0.5, 0.6) is 5.75 Å². The van der Waals surface area contributed by atoms with Crippen LogP contribution in [0.2, 0.25) is 0 Å². The number of thioether (sulfide) groups is 1. The van der Waals surface area contributed by atoms with Crippen LogP contribution in [0.4, 0.5) is 0 Å². The zero-order chi connectivity index (χ0) is 115. The number of carboxylic acids is 17. The Morgan fingerprint density at radius 1 is 0.424 bits per heavy atom. The third kappa shape index (κ3) is 96.9. The summed E-state index contributed by atoms with van der Waals surface area (Å²) in [4.78, 5) is 180. The van der Waals surface area contributed by atoms with Gasteiger partial charge in [-0.1, -0.05) is 101 Å². The number of H-pyrrole nitrogens is 2. The summed E-state index contributed by atoms with van der Waals surface area (Å²) in [6.07, 6.45) is 10.9. The van der Waals surface area contributed by atoms with Crippen molar-refractivity contribution in [3.8, 4) is 5.75 Å². The number of para-hydroxylation sites is 1. The molecule has 5 aromatic rings. The van der Waals surface area contributed by atoms with Crippen LogP contribution in [0.3, 0.4) is 0 Å². The number of nitrogens with two attached hydrogens (primary N) is 17. The van der Waals surface area contributed by atoms with Gasteiger partial charge in [-0.3, -0.25) is 86.9 Å². The van der Waals surface area contributed by atoms with Crippen LogP contribution in [0, 0.1) is 17.2 Å². The molecule has 0 aliphatic rings. The highest BCUT2D eigenvalue weighted by molar-refractivity contribution is 7.98. The van der Waals surface area contributed by atoms with E-state index in [1.807, 2.05) is 80.9 Å². The van der Waals surface area contributed by atoms with Gasteiger partial charge in [0.1, 0.15) is 90.3 Å². The van der Waals surface area contributed by atoms with Crippen molar-refractivity contribution in [1.82, 2.24) is 20.3 Å². The first-order valence-corrected chi connectivity index (χ1v) is 43.9. The summed E-state index contributed by atoms with van der Waals surface area (Å²) in [7, 11) is 0. The number of aromatic nitrogens is 3. The predicted molar refractivity (Wildman–Crippen MR) is 524 cm³/mol. The molecule has 60 heteroatoms. The molecule has 144 heavy (non-hydrogen) atoms. The average molecular weight is 2090 g/mol. The second kappa shape index (κ2) is 91.6. The molecule has 0 unspecified atom stereocenters. The molecule has 0 bridgehead atoms. The third-order valence-electron chi connectivity index (χ3n) is 16.7. The van der Waals surface area contributed by atoms with Crippen LogP contribution >= 0.6 is 11.8 Å². The second-order valence-electron chi connectivity index (χ2n) is 29.8. The molecular formula is C84H150N22O37S. The highest BCUT2D eigenvalue weighted by Crippen LogP contribution is 2.19. The van der Waals surface area contributed by atoms with E-state index in [0.29, 0.717) is 57.3 Å². The van der Waals surface area contributed by atoms with Gasteiger partial charge in [-0.25, -0.2) is 4.98 Å². The van der Waals surface area contributed by atoms with Crippen LogP contribution in [-0.2, 0) is 107 Å². The predicted octanol–water partition coefficient (Wildman–Crippen LogP) is -5.93. The molecule has 824 valence electrons. The summed E-state index contributed by atoms with van der Waals surface area (Å²) < 4.78 is 0. The molecule has 0 aliphatic carbocycles. The van der Waals surface area contributed by atoms with Gasteiger partial charge >= 0.3 is 101 Å². The summed E-state index contributed by atoms with van der Waals surface area (Å²) in [5, 5.41) is 175. The Kier molecular flexibility index (Phi) is 95.6. The highest BCUT2D eigenvalue weighted by Gasteiger charge is 2.22. The minimum absolute atomic E-state index is 0.0208. The van der Waals surface area contributed by atoms with E-state index in [2.05, 4.69) is 26.0 Å². The number of hydrogen-bond donors (Lipinski definition) is 41. The normalized spacial score (nSPS) is 13.1. The maximum absolute atomic E-state index is 10.6. The zero-order valence-electron chi connectivity index (χ0n) is 80.5. The molecule has 0 fully saturated rings. The van der Waals surface area contributed by atoms with Gasteiger partial charge in [0.05, 0.1) is 37.7 Å². The molecule has 0 spiro atoms. The molecule has 0 saturated carbocycles. The Hall–Kier alpha value is -13.9. The highest BCUT2D eigenvalue weighted by atomic mass is 32.2. The molecule has 3 aromatic carbocycles. The number of aliphatic hydroxyl groups is 2. The van der Waals surface area contributed by atoms with Crippen LogP contribution in [0.25, 0.3) is 10.9 Å². The molecule has 2 heterocycles. The van der Waals surface area contributed by atoms with Crippen LogP contribution in [0.15, 0.2) is 97.6 Å². The summed E-state index contributed by atoms with van der Waals surface area (Å²) in [5.41, 5.74) is 91.0. The number of fused-ring (bicyclic) bond motifs is 1. The Morgan fingerprint density at radius 2 is 0.799 bits per heavy atom. The Morgan fingerprint density at radius 3 is 1.09 bits per heavy atom. The number of aromatic hydroxyl groups is 1. The molecule has 5 rings (SSSR count). The Bertz CT molecular complexity index is 4400. The molecule has 0 radical (unpaired) electrons. The first-order valence-electron chi connectivity index (χ1n) is 42.5. The standard InChI is InChI=1S/C11H12N2O2.C9H11NO3.C9H11NO2.C6H14N4O2.C6H9N3O2.C6H14N2O2.C6H13NO2.C5H9NO4.C5H11NO2S.C5H11NO2.C4H7NO4.C4H9NO3.C3H7NO3.C3H7NO2.C2H5NO2/c12-9(11(14)15)5-7-6-13-10-4-2-1-3-8(7)10;10-8(9(12)13)5-6-1-3-7(11)4-2-6;10-8(9(11)12)6-7-4-2-1-3-5-7;7-4(5(11)12)2-1-3-10-6(8)9;7-5(6(10)11)1-4-2-8-3-9-4;7-4-2-1-3-5(8)6(9)10;1-3-4(2)5(7)6(8)9;6-3(5(9)10)1-2-4(7)8;1-9-3-2-4(6)5(7)8;1-3(2)4(6)5(7)8;5-2(4(8)9)1-3(6)7;1-2(6)3(5)4(7)8;4-2(1-5)3(6)7;1-2(4)3(5)6;3-1-2(4)5/h1-4,6,9,13H,5,12H2,(H,14,15);1-4,8,11H,5,10H2,(H,12,13);1-5,8H,6,10H2,(H,11,12);4H,1-3,7H2,(H,11,12)(H4,8,9,10);2-3,5H,1,7H2,(H,8,9)(H,10,11);5H,1-4,7-8H2,(H,9,10);4-5H,3,7H2,1-2H3,(H,8,9);3H,1-2,6H2,(H,7,8)(H,9,10);4H,2-3,6H2,1H3,(H,7,8);3-4H,6H2,1-2H3,(H,7,8);2H,1,5H2,(H,6,7)(H,8,9);2-3,6H,5H2,1H3,(H,7,8);2,5H,1,4H2,(H,6,7);2H,4H2,1H3,(H,5,6);1,3H2,(H,4,5)/t9-;2*8-;4-;2*5-;4-,5-;3-;2*4-;2-;2-,3+;2*2-;/m00000000000100./s1. The van der Waals surface area contributed by atoms with Gasteiger partial charge in [0.2, 0.25) is 0 Å². The van der Waals surface area contributed by atoms with Crippen molar-refractivity contribution in [2.45, 2.75) is 222 Å². The SMILES string of the molecule is CC(C)[C@H](N)C(=O)O.CC[C@H](C)[C@H](N)C(=O)O.CSCC[C@H](N)C(=O)O.C[C@@H](O)[C@H](N)C(=O)O.C[C@H](N)C(=O)O.N=C(N)NCCC[C@H](N)C(=O)O.NCC(=O)O.NCCCC[C@H](N)C(=O)O.N[C@@H](CC(=O)O)C(=O)O.N[C@@H](CCC(=O)O)C(=O)O.N[C@@H](CO)C(=O)O.N[C@@H](Cc1c[nH]c2ccccc12)C(=O)O.N[C@@H](Cc1c[nH]cn1)C(=O)O.N[C@@H](Cc1ccc(O)cc1)C(=O)O.N[C@@H](Cc1ccccc1)C(=O)O. The molecule has 0 saturated heterocycles. The van der Waals surface area contributed by atoms with E-state index >= 15 is 0 Å². The van der Waals surface area contributed by atoms with E-state index in [1.54, 1.807) is 43.9 Å². The van der Waals surface area contributed by atoms with E-state index < -0.39 is 205 Å². The van der Waals surface area contributed by atoms with Gasteiger partial charge in [0, 0.05) is 49.1 Å². The number of rotatable bonds is 44. The van der Waals surface area contributed by atoms with E-state index in [4.69, 9.17) is 199 Å². The van der Waals surface area contributed by atoms with E-state index in [-0.39, 0.29) is 55.8 Å². The largest absolute Gasteiger partial charge is 0.508 e. The lowest BCUT2D eigenvalue weighted by Crippen LogP contribution is -2.39. The number of carbonyl (C=O) groups is 17. The van der Waals surface area contributed by atoms with Gasteiger partial charge in [-0.15, -0.1) is 0 Å². The maximum Gasteiger partial charge on any atom is 0.323 e. The van der Waals surface area contributed by atoms with Gasteiger partial charge in [-0.2, -0.15) is 11.8 Å². The molecule has 0 aliphatic heterocycles. The quantitative estimate of drug-likeness (QED) is 0.00981. The van der Waals surface area contributed by atoms with Crippen LogP contribution in [0.1, 0.15) is 128 Å². The number of aliphatic carboxylic acids is 17. The van der Waals surface area contributed by atoms with Gasteiger partial charge in [0.25, 0.3) is 0 Å². The lowest BCUT2D eigenvalue weighted by atomic mass is 10.0. The molecule has 16 atom stereocenters. The van der Waals surface area contributed by atoms with Crippen molar-refractivity contribution in [3.05, 3.63) is 120 Å². The smallest absolute Gasteiger partial charge is 0.323 e. The van der Waals surface area contributed by atoms with Crippen molar-refractivity contribution in [2.24, 2.45) is 109 Å². The van der Waals surface area contributed by atoms with Crippen molar-refractivity contribution in [3.63, 3.8) is 0 Å². The molecule has 0 amide bonds. The Labute approximate surface area is 831 Å². The number of phenolic OH excluding ortho intramolecular Hbond substituents is 1. The molecule has 2 aromatic heterocycles. The summed E-state index contributed by atoms with van der Waals surface area (Å²) in [5.74, 6) is -16.7. The first kappa shape index (κ1) is 150. The Balaban J connectivity index is -0.000000168. The number of hydrogen-bond acceptors (Lipinski definition) is 39. The number of aromatic amines is 2. The number of aliphatic hydroxyl groups excluding tert-OH is 2. The fraction of sp³-hybridized carbons (Fsp3) is 0.512. The number of phenols is 1. The number of nitrogens with zero attached hydrogens (tertiary/aromatic N) is 1. The van der Waals surface area contributed by atoms with Gasteiger partial charge in [-0.05, 0) is 130 Å². The summed E-state index contributed by atoms with van der Waals surface area (Å²) in [6.45, 7) is 10.4. The lowest BCUT2D eigenvalue weighted by Gasteiger charge is -2.11. The maximum atomic E-state index is 10.6. The van der Waals surface area contributed by atoms with Crippen LogP contribution < -0.4 is 103 Å². The molecular weight excluding hydrogens is 1940 g/mol. The van der Waals surface area contributed by atoms with Gasteiger partial charge in [0.15, 0.2) is 5.96 Å². The summed E-state index contributed by atoms with van der Waals surface area (Å²) in [6, 6.07) is 11.0. The van der Waals surface area contributed by atoms with Gasteiger partial charge < -0.3 is 215 Å². The lowest BCUT2D eigenvalue weighted by molar-refractivity contribution is -0.144. The van der Waals surface area contributed by atoms with Crippen LogP contribution in [-0.4, -0.2) is 353 Å². The van der Waals surface area contributed by atoms with E-state index in [0.717, 1.165) is 52.6 Å². The number of carboxylic acid groups (broad SMARTS) is 17. The fourth-order valence-corrected chi connectivity index (χ4v) is 8.17. The van der Waals surface area contributed by atoms with Crippen molar-refractivity contribution in [1.29, 1.82) is 5.41 Å². The number of unbranched alkanes of at least 4 members (excludes halogenated alkanes) is 1. The first-order chi connectivity index (χ1) is 66.4. The van der Waals surface area contributed by atoms with Crippen molar-refractivity contribution in [2.75, 3.05) is 38.2 Å². The summed E-state index contributed by atoms with van der Waals surface area (Å²) >= 11 is 1.60.